The molecule has 1 aromatic rings. The zero-order valence-electron chi connectivity index (χ0n) is 21.7. The summed E-state index contributed by atoms with van der Waals surface area (Å²) in [7, 11) is -1.89. The molecule has 0 unspecified atom stereocenters. The minimum Gasteiger partial charge on any atom is -0.497 e. The highest BCUT2D eigenvalue weighted by Crippen LogP contribution is 2.34. The van der Waals surface area contributed by atoms with Crippen molar-refractivity contribution in [3.05, 3.63) is 29.8 Å². The summed E-state index contributed by atoms with van der Waals surface area (Å²) in [5.74, 6) is -0.765. The molecule has 0 aliphatic carbocycles. The van der Waals surface area contributed by atoms with Crippen LogP contribution in [0.2, 0.25) is 0 Å². The fraction of sp³-hybridized carbons (Fsp3) is 0.640. The van der Waals surface area contributed by atoms with E-state index in [2.05, 4.69) is 15.4 Å². The summed E-state index contributed by atoms with van der Waals surface area (Å²) in [5, 5.41) is 5.71. The van der Waals surface area contributed by atoms with E-state index < -0.39 is 40.0 Å². The average molecular weight is 538 g/mol. The third-order valence-corrected chi connectivity index (χ3v) is 7.91. The van der Waals surface area contributed by atoms with Gasteiger partial charge in [0.1, 0.15) is 17.8 Å². The third kappa shape index (κ3) is 7.65. The zero-order chi connectivity index (χ0) is 27.2. The summed E-state index contributed by atoms with van der Waals surface area (Å²) in [6.45, 7) is 2.20. The van der Waals surface area contributed by atoms with Crippen molar-refractivity contribution in [1.82, 2.24) is 20.3 Å². The van der Waals surface area contributed by atoms with Crippen LogP contribution in [0, 0.1) is 5.92 Å². The number of hydrogen-bond donors (Lipinski definition) is 4. The largest absolute Gasteiger partial charge is 0.497 e. The molecule has 0 saturated carbocycles. The van der Waals surface area contributed by atoms with Crippen molar-refractivity contribution < 1.29 is 27.5 Å². The predicted octanol–water partition coefficient (Wildman–Crippen LogP) is -0.105. The second-order valence-corrected chi connectivity index (χ2v) is 11.7. The number of carbonyl (C=O) groups is 3. The number of nitrogens with one attached hydrogen (secondary N) is 3. The van der Waals surface area contributed by atoms with Gasteiger partial charge in [0.2, 0.25) is 27.7 Å². The fourth-order valence-electron chi connectivity index (χ4n) is 5.04. The van der Waals surface area contributed by atoms with Crippen molar-refractivity contribution in [2.45, 2.75) is 69.6 Å². The molecule has 0 radical (unpaired) electrons. The lowest BCUT2D eigenvalue weighted by molar-refractivity contribution is -0.143. The molecule has 2 fully saturated rings. The van der Waals surface area contributed by atoms with Gasteiger partial charge in [-0.3, -0.25) is 14.4 Å². The molecule has 2 aliphatic rings. The van der Waals surface area contributed by atoms with Gasteiger partial charge in [0.15, 0.2) is 0 Å². The van der Waals surface area contributed by atoms with Crippen LogP contribution in [0.25, 0.3) is 0 Å². The van der Waals surface area contributed by atoms with Gasteiger partial charge in [0.25, 0.3) is 0 Å². The highest BCUT2D eigenvalue weighted by molar-refractivity contribution is 7.88. The van der Waals surface area contributed by atoms with Crippen molar-refractivity contribution in [3.63, 3.8) is 0 Å². The monoisotopic (exact) mass is 537 g/mol. The van der Waals surface area contributed by atoms with Gasteiger partial charge in [-0.25, -0.2) is 13.1 Å². The smallest absolute Gasteiger partial charge is 0.246 e. The number of benzene rings is 1. The van der Waals surface area contributed by atoms with E-state index >= 15 is 0 Å². The lowest BCUT2D eigenvalue weighted by atomic mass is 9.93. The minimum atomic E-state index is -3.49. The summed E-state index contributed by atoms with van der Waals surface area (Å²) in [4.78, 5) is 41.2. The van der Waals surface area contributed by atoms with E-state index in [1.807, 2.05) is 24.3 Å². The average Bonchev–Trinajstić information content (AvgIpc) is 3.25. The van der Waals surface area contributed by atoms with E-state index in [1.165, 1.54) is 0 Å². The number of amides is 3. The van der Waals surface area contributed by atoms with Crippen LogP contribution in [0.3, 0.4) is 0 Å². The Labute approximate surface area is 218 Å². The van der Waals surface area contributed by atoms with Crippen molar-refractivity contribution >= 4 is 27.7 Å². The van der Waals surface area contributed by atoms with Gasteiger partial charge in [-0.15, -0.1) is 0 Å². The van der Waals surface area contributed by atoms with Gasteiger partial charge in [-0.1, -0.05) is 19.1 Å². The Morgan fingerprint density at radius 3 is 2.46 bits per heavy atom. The quantitative estimate of drug-likeness (QED) is 0.306. The number of sulfonamides is 1. The molecule has 0 aromatic heterocycles. The molecule has 5 N–H and O–H groups in total. The van der Waals surface area contributed by atoms with Crippen LogP contribution in [-0.4, -0.2) is 81.7 Å². The van der Waals surface area contributed by atoms with Gasteiger partial charge in [-0.05, 0) is 56.2 Å². The Bertz CT molecular complexity index is 1060. The van der Waals surface area contributed by atoms with E-state index in [9.17, 15) is 22.8 Å². The molecular weight excluding hydrogens is 498 g/mol. The van der Waals surface area contributed by atoms with E-state index in [0.717, 1.165) is 17.6 Å². The maximum atomic E-state index is 13.8. The molecule has 2 heterocycles. The predicted molar refractivity (Wildman–Crippen MR) is 139 cm³/mol. The van der Waals surface area contributed by atoms with Crippen LogP contribution in [0.15, 0.2) is 24.3 Å². The Hall–Kier alpha value is -2.70. The molecule has 0 bridgehead atoms. The summed E-state index contributed by atoms with van der Waals surface area (Å²) in [5.41, 5.74) is 6.94. The Morgan fingerprint density at radius 1 is 1.16 bits per heavy atom. The number of carbonyl (C=O) groups excluding carboxylic acids is 3. The van der Waals surface area contributed by atoms with Crippen LogP contribution in [-0.2, 0) is 30.8 Å². The van der Waals surface area contributed by atoms with E-state index in [1.54, 1.807) is 18.9 Å². The molecule has 3 rings (SSSR count). The first-order valence-electron chi connectivity index (χ1n) is 12.8. The second-order valence-electron chi connectivity index (χ2n) is 9.84. The first-order valence-corrected chi connectivity index (χ1v) is 14.7. The van der Waals surface area contributed by atoms with Crippen LogP contribution >= 0.6 is 0 Å². The Balaban J connectivity index is 1.71. The summed E-state index contributed by atoms with van der Waals surface area (Å²) >= 11 is 0. The summed E-state index contributed by atoms with van der Waals surface area (Å²) < 4.78 is 31.1. The lowest BCUT2D eigenvalue weighted by Gasteiger charge is -2.32. The van der Waals surface area contributed by atoms with E-state index in [4.69, 9.17) is 10.5 Å². The minimum absolute atomic E-state index is 0.0101. The number of ether oxygens (including phenoxy) is 1. The van der Waals surface area contributed by atoms with Crippen LogP contribution in [0.1, 0.15) is 44.6 Å². The van der Waals surface area contributed by atoms with E-state index in [0.29, 0.717) is 45.1 Å². The molecule has 5 atom stereocenters. The maximum Gasteiger partial charge on any atom is 0.246 e. The van der Waals surface area contributed by atoms with Crippen molar-refractivity contribution in [3.8, 4) is 5.75 Å². The molecule has 0 spiro atoms. The van der Waals surface area contributed by atoms with Crippen LogP contribution in [0.5, 0.6) is 5.75 Å². The number of fused-ring (bicyclic) bond motifs is 1. The summed E-state index contributed by atoms with van der Waals surface area (Å²) in [6.07, 6.45) is 4.42. The first-order chi connectivity index (χ1) is 17.5. The zero-order valence-corrected chi connectivity index (χ0v) is 22.6. The molecular formula is C25H39N5O6S. The van der Waals surface area contributed by atoms with Gasteiger partial charge in [0, 0.05) is 25.0 Å². The van der Waals surface area contributed by atoms with Crippen molar-refractivity contribution in [2.24, 2.45) is 11.7 Å². The standard InChI is InChI=1S/C25H39N5O6S/c1-4-20(26)23(31)29-22-17(15-28-37(3,34)35)7-8-18-9-12-21(30(18)25(22)33)24(32)27-14-13-16-5-10-19(36-2)11-6-16/h5-6,10-11,17-18,20-22,28H,4,7-9,12-15,26H2,1-3H3,(H,27,32)(H,29,31)/t17-,18+,20+,21+,22+/m1/s1. The highest BCUT2D eigenvalue weighted by Gasteiger charge is 2.47. The van der Waals surface area contributed by atoms with Gasteiger partial charge in [-0.2, -0.15) is 0 Å². The molecule has 206 valence electrons. The number of nitrogens with two attached hydrogens (primary N) is 1. The number of hydrogen-bond acceptors (Lipinski definition) is 7. The number of methoxy groups -OCH3 is 1. The van der Waals surface area contributed by atoms with Gasteiger partial charge in [0.05, 0.1) is 19.4 Å². The first kappa shape index (κ1) is 28.9. The van der Waals surface area contributed by atoms with Crippen molar-refractivity contribution in [2.75, 3.05) is 26.5 Å². The van der Waals surface area contributed by atoms with Gasteiger partial charge >= 0.3 is 0 Å². The molecule has 3 amide bonds. The molecule has 2 aliphatic heterocycles. The highest BCUT2D eigenvalue weighted by atomic mass is 32.2. The molecule has 11 nitrogen and oxygen atoms in total. The summed E-state index contributed by atoms with van der Waals surface area (Å²) in [6, 6.07) is 5.05. The molecule has 2 saturated heterocycles. The Kier molecular flexibility index (Phi) is 9.91. The van der Waals surface area contributed by atoms with E-state index in [-0.39, 0.29) is 24.4 Å². The lowest BCUT2D eigenvalue weighted by Crippen LogP contribution is -2.59. The second kappa shape index (κ2) is 12.7. The van der Waals surface area contributed by atoms with Gasteiger partial charge < -0.3 is 26.0 Å². The van der Waals surface area contributed by atoms with Crippen LogP contribution in [0.4, 0.5) is 0 Å². The molecule has 12 heteroatoms. The Morgan fingerprint density at radius 2 is 1.84 bits per heavy atom. The third-order valence-electron chi connectivity index (χ3n) is 7.22. The topological polar surface area (TPSA) is 160 Å². The van der Waals surface area contributed by atoms with Crippen molar-refractivity contribution in [1.29, 1.82) is 0 Å². The number of rotatable bonds is 11. The normalized spacial score (nSPS) is 24.6. The SMILES string of the molecule is CC[C@H](N)C(=O)N[C@@H]1C(=O)N2[C@@H](CC[C@@H]1CNS(C)(=O)=O)CC[C@H]2C(=O)NCCc1ccc(OC)cc1. The van der Waals surface area contributed by atoms with Crippen LogP contribution < -0.4 is 25.8 Å². The molecule has 37 heavy (non-hydrogen) atoms. The fourth-order valence-corrected chi connectivity index (χ4v) is 5.55. The number of nitrogens with zero attached hydrogens (tertiary/aromatic N) is 1. The maximum absolute atomic E-state index is 13.8. The molecule has 1 aromatic carbocycles.